The molecule has 1 aliphatic rings. The van der Waals surface area contributed by atoms with Crippen molar-refractivity contribution in [1.29, 1.82) is 0 Å². The minimum Gasteiger partial charge on any atom is -0.506 e. The number of rotatable bonds is 4. The van der Waals surface area contributed by atoms with Gasteiger partial charge in [0.1, 0.15) is 0 Å². The summed E-state index contributed by atoms with van der Waals surface area (Å²) in [5.74, 6) is -0.172. The van der Waals surface area contributed by atoms with E-state index in [1.54, 1.807) is 13.1 Å². The second-order valence-corrected chi connectivity index (χ2v) is 4.74. The molecule has 2 rings (SSSR count). The molecule has 0 fully saturated rings. The van der Waals surface area contributed by atoms with Crippen molar-refractivity contribution < 1.29 is 15.3 Å². The lowest BCUT2D eigenvalue weighted by Gasteiger charge is -2.36. The number of benzene rings is 1. The predicted molar refractivity (Wildman–Crippen MR) is 81.0 cm³/mol. The molecule has 0 saturated heterocycles. The van der Waals surface area contributed by atoms with Crippen LogP contribution in [-0.2, 0) is 6.42 Å². The fourth-order valence-corrected chi connectivity index (χ4v) is 2.31. The van der Waals surface area contributed by atoms with E-state index in [0.29, 0.717) is 6.42 Å². The summed E-state index contributed by atoms with van der Waals surface area (Å²) >= 11 is 0. The van der Waals surface area contributed by atoms with Crippen LogP contribution < -0.4 is 0 Å². The zero-order chi connectivity index (χ0) is 13.8. The molecule has 110 valence electrons. The smallest absolute Gasteiger partial charge is 0.156 e. The van der Waals surface area contributed by atoms with Crippen LogP contribution in [0.15, 0.2) is 54.1 Å². The Kier molecular flexibility index (Phi) is 5.92. The Labute approximate surface area is 125 Å². The van der Waals surface area contributed by atoms with Gasteiger partial charge in [-0.1, -0.05) is 30.3 Å². The van der Waals surface area contributed by atoms with E-state index in [-0.39, 0.29) is 42.6 Å². The van der Waals surface area contributed by atoms with E-state index in [1.165, 1.54) is 6.08 Å². The monoisotopic (exact) mass is 297 g/mol. The molecular formula is C15H20ClNO3. The topological polar surface area (TPSA) is 63.9 Å². The summed E-state index contributed by atoms with van der Waals surface area (Å²) < 4.78 is 0. The second kappa shape index (κ2) is 7.22. The Morgan fingerprint density at radius 2 is 1.85 bits per heavy atom. The van der Waals surface area contributed by atoms with Crippen LogP contribution in [0.5, 0.6) is 0 Å². The van der Waals surface area contributed by atoms with Gasteiger partial charge in [0.15, 0.2) is 11.5 Å². The van der Waals surface area contributed by atoms with Gasteiger partial charge < -0.3 is 20.2 Å². The molecule has 0 aromatic heterocycles. The Morgan fingerprint density at radius 3 is 2.45 bits per heavy atom. The van der Waals surface area contributed by atoms with Crippen LogP contribution in [0.4, 0.5) is 0 Å². The lowest BCUT2D eigenvalue weighted by Crippen LogP contribution is -2.44. The zero-order valence-electron chi connectivity index (χ0n) is 11.3. The minimum absolute atomic E-state index is 0. The Bertz CT molecular complexity index is 487. The maximum atomic E-state index is 9.78. The van der Waals surface area contributed by atoms with E-state index < -0.39 is 0 Å². The molecule has 4 nitrogen and oxygen atoms in total. The Morgan fingerprint density at radius 1 is 1.20 bits per heavy atom. The molecule has 0 saturated carbocycles. The normalized spacial score (nSPS) is 19.7. The average molecular weight is 298 g/mol. The minimum atomic E-state index is -0.342. The third-order valence-electron chi connectivity index (χ3n) is 3.46. The van der Waals surface area contributed by atoms with Crippen LogP contribution in [0.25, 0.3) is 0 Å². The van der Waals surface area contributed by atoms with Crippen molar-refractivity contribution in [2.45, 2.75) is 25.4 Å². The maximum absolute atomic E-state index is 9.78. The first-order valence-corrected chi connectivity index (χ1v) is 6.36. The lowest BCUT2D eigenvalue weighted by molar-refractivity contribution is 0.118. The quantitative estimate of drug-likeness (QED) is 0.799. The third kappa shape index (κ3) is 3.46. The fraction of sp³-hybridized carbons (Fsp3) is 0.333. The van der Waals surface area contributed by atoms with Gasteiger partial charge >= 0.3 is 0 Å². The van der Waals surface area contributed by atoms with Crippen molar-refractivity contribution in [2.75, 3.05) is 6.61 Å². The van der Waals surface area contributed by atoms with Crippen molar-refractivity contribution in [3.63, 3.8) is 0 Å². The molecule has 0 amide bonds. The number of nitrogens with zero attached hydrogens (tertiary/aromatic N) is 1. The first kappa shape index (κ1) is 16.4. The molecule has 0 aliphatic carbocycles. The molecule has 5 heteroatoms. The zero-order valence-corrected chi connectivity index (χ0v) is 12.1. The molecule has 20 heavy (non-hydrogen) atoms. The molecular weight excluding hydrogens is 278 g/mol. The summed E-state index contributed by atoms with van der Waals surface area (Å²) in [4.78, 5) is 1.86. The highest BCUT2D eigenvalue weighted by Gasteiger charge is 2.27. The molecule has 2 atom stereocenters. The summed E-state index contributed by atoms with van der Waals surface area (Å²) in [5, 5.41) is 28.8. The van der Waals surface area contributed by atoms with Gasteiger partial charge in [-0.3, -0.25) is 0 Å². The first-order chi connectivity index (χ1) is 9.13. The van der Waals surface area contributed by atoms with Gasteiger partial charge in [0, 0.05) is 6.20 Å². The molecule has 1 aliphatic heterocycles. The van der Waals surface area contributed by atoms with Crippen molar-refractivity contribution in [2.24, 2.45) is 0 Å². The fourth-order valence-electron chi connectivity index (χ4n) is 2.31. The number of hydrogen-bond donors (Lipinski definition) is 3. The molecule has 1 aromatic carbocycles. The number of halogens is 1. The van der Waals surface area contributed by atoms with Crippen LogP contribution in [0.3, 0.4) is 0 Å². The van der Waals surface area contributed by atoms with Crippen LogP contribution in [0.1, 0.15) is 12.5 Å². The molecule has 1 aromatic rings. The molecule has 0 bridgehead atoms. The lowest BCUT2D eigenvalue weighted by atomic mass is 10.0. The summed E-state index contributed by atoms with van der Waals surface area (Å²) in [6.07, 6.45) is 3.84. The van der Waals surface area contributed by atoms with Crippen LogP contribution >= 0.6 is 12.4 Å². The van der Waals surface area contributed by atoms with Crippen molar-refractivity contribution >= 4 is 12.4 Å². The highest BCUT2D eigenvalue weighted by atomic mass is 35.5. The van der Waals surface area contributed by atoms with Gasteiger partial charge in [-0.05, 0) is 25.0 Å². The second-order valence-electron chi connectivity index (χ2n) is 4.74. The van der Waals surface area contributed by atoms with Gasteiger partial charge in [-0.2, -0.15) is 0 Å². The van der Waals surface area contributed by atoms with Crippen molar-refractivity contribution in [1.82, 2.24) is 4.90 Å². The van der Waals surface area contributed by atoms with E-state index in [1.807, 2.05) is 35.2 Å². The molecule has 0 spiro atoms. The standard InChI is InChI=1S/C15H19NO3.ClH/c1-11-15(19)14(18)7-8-16(11)13(10-17)9-12-5-3-2-4-6-12;/h2-8,11,13,17-19H,9-10H2,1H3;1H/t11-,13?;/m0./s1. The SMILES string of the molecule is C[C@H]1C(O)=C(O)C=CN1C(CO)Cc1ccccc1.Cl. The van der Waals surface area contributed by atoms with Gasteiger partial charge in [0.05, 0.1) is 18.7 Å². The van der Waals surface area contributed by atoms with E-state index in [0.717, 1.165) is 5.56 Å². The van der Waals surface area contributed by atoms with E-state index in [4.69, 9.17) is 0 Å². The van der Waals surface area contributed by atoms with Crippen LogP contribution in [0.2, 0.25) is 0 Å². The Hall–Kier alpha value is -1.65. The summed E-state index contributed by atoms with van der Waals surface area (Å²) in [6, 6.07) is 9.41. The molecule has 1 heterocycles. The highest BCUT2D eigenvalue weighted by Crippen LogP contribution is 2.22. The van der Waals surface area contributed by atoms with E-state index >= 15 is 0 Å². The van der Waals surface area contributed by atoms with Gasteiger partial charge in [0.2, 0.25) is 0 Å². The number of hydrogen-bond acceptors (Lipinski definition) is 4. The highest BCUT2D eigenvalue weighted by molar-refractivity contribution is 5.85. The number of allylic oxidation sites excluding steroid dienone is 1. The van der Waals surface area contributed by atoms with E-state index in [2.05, 4.69) is 0 Å². The van der Waals surface area contributed by atoms with Crippen molar-refractivity contribution in [3.05, 3.63) is 59.7 Å². The van der Waals surface area contributed by atoms with E-state index in [9.17, 15) is 15.3 Å². The molecule has 1 unspecified atom stereocenters. The summed E-state index contributed by atoms with van der Waals surface area (Å²) in [5.41, 5.74) is 1.13. The summed E-state index contributed by atoms with van der Waals surface area (Å²) in [6.45, 7) is 1.78. The average Bonchev–Trinajstić information content (AvgIpc) is 2.44. The third-order valence-corrected chi connectivity index (χ3v) is 3.46. The first-order valence-electron chi connectivity index (χ1n) is 6.36. The van der Waals surface area contributed by atoms with Crippen LogP contribution in [-0.4, -0.2) is 38.9 Å². The largest absolute Gasteiger partial charge is 0.506 e. The number of aliphatic hydroxyl groups is 3. The maximum Gasteiger partial charge on any atom is 0.156 e. The van der Waals surface area contributed by atoms with Gasteiger partial charge in [-0.15, -0.1) is 12.4 Å². The predicted octanol–water partition coefficient (Wildman–Crippen LogP) is 2.56. The van der Waals surface area contributed by atoms with Crippen molar-refractivity contribution in [3.8, 4) is 0 Å². The summed E-state index contributed by atoms with van der Waals surface area (Å²) in [7, 11) is 0. The van der Waals surface area contributed by atoms with Crippen LogP contribution in [0, 0.1) is 0 Å². The number of aliphatic hydroxyl groups excluding tert-OH is 3. The van der Waals surface area contributed by atoms with Gasteiger partial charge in [0.25, 0.3) is 0 Å². The molecule has 0 radical (unpaired) electrons. The Balaban J connectivity index is 0.00000200. The van der Waals surface area contributed by atoms with Gasteiger partial charge in [-0.25, -0.2) is 0 Å². The molecule has 3 N–H and O–H groups in total.